The van der Waals surface area contributed by atoms with Gasteiger partial charge in [-0.25, -0.2) is 4.79 Å². The van der Waals surface area contributed by atoms with Crippen LogP contribution >= 0.6 is 0 Å². The van der Waals surface area contributed by atoms with Crippen LogP contribution < -0.4 is 5.32 Å². The first-order valence-corrected chi connectivity index (χ1v) is 14.5. The zero-order valence-corrected chi connectivity index (χ0v) is 23.2. The molecule has 4 fully saturated rings. The van der Waals surface area contributed by atoms with Crippen LogP contribution in [-0.2, 0) is 9.63 Å². The van der Waals surface area contributed by atoms with E-state index in [1.54, 1.807) is 0 Å². The van der Waals surface area contributed by atoms with Crippen molar-refractivity contribution in [2.45, 2.75) is 98.4 Å². The summed E-state index contributed by atoms with van der Waals surface area (Å²) in [6, 6.07) is 0.335. The third-order valence-electron chi connectivity index (χ3n) is 10.8. The number of fused-ring (bicyclic) bond motifs is 5. The molecule has 0 bridgehead atoms. The van der Waals surface area contributed by atoms with Crippen LogP contribution in [0.4, 0.5) is 4.79 Å². The van der Waals surface area contributed by atoms with Crippen LogP contribution in [0.3, 0.4) is 0 Å². The highest BCUT2D eigenvalue weighted by molar-refractivity contribution is 5.85. The van der Waals surface area contributed by atoms with Gasteiger partial charge < -0.3 is 15.3 Å². The Morgan fingerprint density at radius 3 is 2.58 bits per heavy atom. The van der Waals surface area contributed by atoms with E-state index in [9.17, 15) is 14.7 Å². The van der Waals surface area contributed by atoms with Crippen molar-refractivity contribution in [2.75, 3.05) is 26.2 Å². The molecule has 4 saturated carbocycles. The second-order valence-electron chi connectivity index (χ2n) is 13.0. The standard InChI is InChI=1S/C29H49N3O4/c1-19(2)30-14-15-32(16-17-33)27(35)36-31-20(3)24-8-9-25-23-7-6-21-18-22(34)10-12-28(21,4)26(23)11-13-29(24,25)5/h19,21,23-26,30,33H,6-18H2,1-5H3/b31-20+/t21-,23+,24-,25+,26+,28+,29-/m1/s1. The summed E-state index contributed by atoms with van der Waals surface area (Å²) < 4.78 is 0. The molecule has 0 aliphatic heterocycles. The average molecular weight is 504 g/mol. The van der Waals surface area contributed by atoms with Gasteiger partial charge in [0.1, 0.15) is 5.78 Å². The number of Topliss-reactive ketones (excluding diaryl/α,β-unsaturated/α-hetero) is 1. The Morgan fingerprint density at radius 2 is 1.86 bits per heavy atom. The van der Waals surface area contributed by atoms with Crippen molar-refractivity contribution in [3.05, 3.63) is 0 Å². The summed E-state index contributed by atoms with van der Waals surface area (Å²) in [6.45, 7) is 12.4. The highest BCUT2D eigenvalue weighted by Gasteiger charge is 2.60. The molecule has 204 valence electrons. The van der Waals surface area contributed by atoms with Crippen molar-refractivity contribution < 1.29 is 19.5 Å². The fraction of sp³-hybridized carbons (Fsp3) is 0.897. The van der Waals surface area contributed by atoms with Crippen molar-refractivity contribution in [3.8, 4) is 0 Å². The topological polar surface area (TPSA) is 91.2 Å². The molecule has 36 heavy (non-hydrogen) atoms. The van der Waals surface area contributed by atoms with Crippen LogP contribution in [-0.4, -0.2) is 59.9 Å². The van der Waals surface area contributed by atoms with Gasteiger partial charge in [0.25, 0.3) is 0 Å². The second kappa shape index (κ2) is 11.1. The van der Waals surface area contributed by atoms with Crippen LogP contribution in [0.15, 0.2) is 5.16 Å². The second-order valence-corrected chi connectivity index (χ2v) is 13.0. The fourth-order valence-corrected chi connectivity index (χ4v) is 8.87. The SMILES string of the molecule is C/C(=N\OC(=O)N(CCO)CCNC(C)C)[C@H]1CC[C@H]2[C@@H]3CC[C@@H]4CC(=O)CC[C@]4(C)[C@H]3CC[C@]12C. The lowest BCUT2D eigenvalue weighted by molar-refractivity contribution is -0.138. The fourth-order valence-electron chi connectivity index (χ4n) is 8.87. The molecule has 7 atom stereocenters. The van der Waals surface area contributed by atoms with Gasteiger partial charge in [-0.2, -0.15) is 0 Å². The molecule has 7 heteroatoms. The maximum atomic E-state index is 12.7. The van der Waals surface area contributed by atoms with Gasteiger partial charge in [0.15, 0.2) is 0 Å². The number of carbonyl (C=O) groups is 2. The van der Waals surface area contributed by atoms with Gasteiger partial charge in [0, 0.05) is 44.4 Å². The number of carbonyl (C=O) groups excluding carboxylic acids is 2. The molecule has 0 aromatic heterocycles. The van der Waals surface area contributed by atoms with Crippen LogP contribution in [0.2, 0.25) is 0 Å². The van der Waals surface area contributed by atoms with Crippen LogP contribution in [0.25, 0.3) is 0 Å². The number of hydrogen-bond donors (Lipinski definition) is 2. The number of nitrogens with one attached hydrogen (secondary N) is 1. The lowest BCUT2D eigenvalue weighted by Gasteiger charge is -2.60. The quantitative estimate of drug-likeness (QED) is 0.276. The first-order chi connectivity index (χ1) is 17.1. The van der Waals surface area contributed by atoms with Crippen molar-refractivity contribution in [1.82, 2.24) is 10.2 Å². The Kier molecular flexibility index (Phi) is 8.50. The summed E-state index contributed by atoms with van der Waals surface area (Å²) >= 11 is 0. The summed E-state index contributed by atoms with van der Waals surface area (Å²) in [6.07, 6.45) is 9.41. The lowest BCUT2D eigenvalue weighted by atomic mass is 9.44. The number of oxime groups is 1. The maximum absolute atomic E-state index is 12.7. The van der Waals surface area contributed by atoms with E-state index in [-0.39, 0.29) is 18.6 Å². The molecule has 4 rings (SSSR count). The van der Waals surface area contributed by atoms with E-state index in [2.05, 4.69) is 38.2 Å². The molecule has 7 nitrogen and oxygen atoms in total. The van der Waals surface area contributed by atoms with Gasteiger partial charge in [-0.1, -0.05) is 32.9 Å². The Morgan fingerprint density at radius 1 is 1.11 bits per heavy atom. The molecule has 1 amide bonds. The zero-order chi connectivity index (χ0) is 26.1. The molecule has 0 spiro atoms. The normalized spacial score (nSPS) is 38.4. The van der Waals surface area contributed by atoms with E-state index >= 15 is 0 Å². The molecule has 2 N–H and O–H groups in total. The molecule has 4 aliphatic carbocycles. The number of ketones is 1. The number of aliphatic hydroxyl groups is 1. The predicted molar refractivity (Wildman–Crippen MR) is 142 cm³/mol. The molecular weight excluding hydrogens is 454 g/mol. The van der Waals surface area contributed by atoms with Crippen molar-refractivity contribution in [1.29, 1.82) is 0 Å². The Hall–Kier alpha value is -1.47. The van der Waals surface area contributed by atoms with Gasteiger partial charge >= 0.3 is 6.09 Å². The van der Waals surface area contributed by atoms with Gasteiger partial charge in [0.05, 0.1) is 12.3 Å². The summed E-state index contributed by atoms with van der Waals surface area (Å²) in [5.41, 5.74) is 1.45. The number of rotatable bonds is 8. The summed E-state index contributed by atoms with van der Waals surface area (Å²) in [4.78, 5) is 31.8. The van der Waals surface area contributed by atoms with E-state index < -0.39 is 6.09 Å². The smallest absolute Gasteiger partial charge is 0.395 e. The molecule has 4 aliphatic rings. The highest BCUT2D eigenvalue weighted by atomic mass is 16.7. The minimum atomic E-state index is -0.490. The van der Waals surface area contributed by atoms with Gasteiger partial charge in [0.2, 0.25) is 0 Å². The Bertz CT molecular complexity index is 844. The van der Waals surface area contributed by atoms with E-state index in [0.717, 1.165) is 43.2 Å². The largest absolute Gasteiger partial charge is 0.436 e. The Labute approximate surface area is 217 Å². The minimum absolute atomic E-state index is 0.0989. The van der Waals surface area contributed by atoms with Crippen molar-refractivity contribution >= 4 is 17.6 Å². The molecule has 0 aromatic carbocycles. The monoisotopic (exact) mass is 503 g/mol. The predicted octanol–water partition coefficient (Wildman–Crippen LogP) is 5.02. The van der Waals surface area contributed by atoms with Crippen molar-refractivity contribution in [3.63, 3.8) is 0 Å². The maximum Gasteiger partial charge on any atom is 0.436 e. The number of nitrogens with zero attached hydrogens (tertiary/aromatic N) is 2. The van der Waals surface area contributed by atoms with E-state index in [1.807, 2.05) is 6.92 Å². The molecule has 0 saturated heterocycles. The molecule has 0 heterocycles. The number of hydrogen-bond acceptors (Lipinski definition) is 6. The summed E-state index contributed by atoms with van der Waals surface area (Å²) in [5.74, 6) is 3.57. The molecule has 0 aromatic rings. The third-order valence-corrected chi connectivity index (χ3v) is 10.8. The molecule has 0 radical (unpaired) electrons. The number of aliphatic hydroxyl groups excluding tert-OH is 1. The molecule has 0 unspecified atom stereocenters. The van der Waals surface area contributed by atoms with E-state index in [4.69, 9.17) is 4.84 Å². The van der Waals surface area contributed by atoms with Gasteiger partial charge in [-0.15, -0.1) is 0 Å². The lowest BCUT2D eigenvalue weighted by Crippen LogP contribution is -2.53. The van der Waals surface area contributed by atoms with Gasteiger partial charge in [-0.05, 0) is 86.4 Å². The van der Waals surface area contributed by atoms with Crippen LogP contribution in [0.1, 0.15) is 92.4 Å². The Balaban J connectivity index is 1.41. The van der Waals surface area contributed by atoms with Crippen molar-refractivity contribution in [2.24, 2.45) is 45.6 Å². The zero-order valence-electron chi connectivity index (χ0n) is 23.2. The van der Waals surface area contributed by atoms with Gasteiger partial charge in [-0.3, -0.25) is 9.63 Å². The number of amides is 1. The molecular formula is C29H49N3O4. The average Bonchev–Trinajstić information content (AvgIpc) is 3.19. The first-order valence-electron chi connectivity index (χ1n) is 14.5. The summed E-state index contributed by atoms with van der Waals surface area (Å²) in [5, 5.41) is 17.0. The van der Waals surface area contributed by atoms with E-state index in [1.165, 1.54) is 37.0 Å². The third kappa shape index (κ3) is 5.24. The minimum Gasteiger partial charge on any atom is -0.395 e. The van der Waals surface area contributed by atoms with Crippen LogP contribution in [0, 0.1) is 40.4 Å². The van der Waals surface area contributed by atoms with E-state index in [0.29, 0.717) is 48.1 Å². The highest BCUT2D eigenvalue weighted by Crippen LogP contribution is 2.67. The summed E-state index contributed by atoms with van der Waals surface area (Å²) in [7, 11) is 0. The van der Waals surface area contributed by atoms with Crippen LogP contribution in [0.5, 0.6) is 0 Å². The first kappa shape index (κ1) is 27.6.